The largest absolute Gasteiger partial charge is 0.497 e. The predicted molar refractivity (Wildman–Crippen MR) is 91.8 cm³/mol. The van der Waals surface area contributed by atoms with Gasteiger partial charge in [-0.15, -0.1) is 0 Å². The van der Waals surface area contributed by atoms with E-state index in [1.54, 1.807) is 7.11 Å². The van der Waals surface area contributed by atoms with E-state index >= 15 is 0 Å². The number of pyridine rings is 1. The standard InChI is InChI=1S/C18H23N3O/c1-12(11-20(3)4)21-17-10-14(22-5)6-7-15(17)16-8-9-19-13(2)18(16)21/h6-10,12H,11H2,1-5H3. The first-order valence-corrected chi connectivity index (χ1v) is 7.61. The fourth-order valence-corrected chi connectivity index (χ4v) is 3.33. The van der Waals surface area contributed by atoms with Crippen LogP contribution in [0.4, 0.5) is 0 Å². The molecule has 1 atom stereocenters. The highest BCUT2D eigenvalue weighted by Gasteiger charge is 2.18. The van der Waals surface area contributed by atoms with Crippen LogP contribution in [0.2, 0.25) is 0 Å². The van der Waals surface area contributed by atoms with E-state index in [1.807, 2.05) is 12.3 Å². The molecule has 0 saturated carbocycles. The van der Waals surface area contributed by atoms with Crippen LogP contribution >= 0.6 is 0 Å². The molecular formula is C18H23N3O. The number of hydrogen-bond donors (Lipinski definition) is 0. The zero-order chi connectivity index (χ0) is 15.9. The van der Waals surface area contributed by atoms with Crippen LogP contribution in [0.1, 0.15) is 18.7 Å². The Morgan fingerprint density at radius 1 is 1.23 bits per heavy atom. The average Bonchev–Trinajstić information content (AvgIpc) is 2.81. The minimum atomic E-state index is 0.352. The molecule has 3 rings (SSSR count). The highest BCUT2D eigenvalue weighted by Crippen LogP contribution is 2.35. The summed E-state index contributed by atoms with van der Waals surface area (Å²) in [4.78, 5) is 6.72. The number of aromatic nitrogens is 2. The first-order valence-electron chi connectivity index (χ1n) is 7.61. The van der Waals surface area contributed by atoms with Gasteiger partial charge in [0.2, 0.25) is 0 Å². The fourth-order valence-electron chi connectivity index (χ4n) is 3.33. The van der Waals surface area contributed by atoms with Gasteiger partial charge >= 0.3 is 0 Å². The molecule has 0 fully saturated rings. The van der Waals surface area contributed by atoms with Crippen molar-refractivity contribution in [3.8, 4) is 5.75 Å². The van der Waals surface area contributed by atoms with Crippen LogP contribution in [0.15, 0.2) is 30.5 Å². The van der Waals surface area contributed by atoms with E-state index in [2.05, 4.69) is 60.6 Å². The van der Waals surface area contributed by atoms with Crippen molar-refractivity contribution in [2.24, 2.45) is 0 Å². The summed E-state index contributed by atoms with van der Waals surface area (Å²) in [6.45, 7) is 5.31. The first kappa shape index (κ1) is 14.9. The minimum Gasteiger partial charge on any atom is -0.497 e. The lowest BCUT2D eigenvalue weighted by molar-refractivity contribution is 0.344. The zero-order valence-electron chi connectivity index (χ0n) is 13.9. The number of likely N-dealkylation sites (N-methyl/N-ethyl adjacent to an activating group) is 1. The molecule has 3 aromatic rings. The van der Waals surface area contributed by atoms with Crippen molar-refractivity contribution in [2.75, 3.05) is 27.7 Å². The minimum absolute atomic E-state index is 0.352. The predicted octanol–water partition coefficient (Wildman–Crippen LogP) is 3.63. The Morgan fingerprint density at radius 3 is 2.68 bits per heavy atom. The summed E-state index contributed by atoms with van der Waals surface area (Å²) < 4.78 is 7.82. The number of rotatable bonds is 4. The second kappa shape index (κ2) is 5.61. The summed E-state index contributed by atoms with van der Waals surface area (Å²) in [5, 5.41) is 2.52. The molecule has 0 aliphatic rings. The van der Waals surface area contributed by atoms with Crippen molar-refractivity contribution in [2.45, 2.75) is 19.9 Å². The second-order valence-corrected chi connectivity index (χ2v) is 6.16. The molecular weight excluding hydrogens is 274 g/mol. The molecule has 1 aromatic carbocycles. The summed E-state index contributed by atoms with van der Waals surface area (Å²) in [5.41, 5.74) is 3.50. The molecule has 0 amide bonds. The number of ether oxygens (including phenoxy) is 1. The summed E-state index contributed by atoms with van der Waals surface area (Å²) in [6, 6.07) is 8.76. The van der Waals surface area contributed by atoms with E-state index in [0.29, 0.717) is 6.04 Å². The Balaban J connectivity index is 2.37. The third-order valence-electron chi connectivity index (χ3n) is 4.17. The van der Waals surface area contributed by atoms with E-state index < -0.39 is 0 Å². The van der Waals surface area contributed by atoms with Crippen molar-refractivity contribution in [1.29, 1.82) is 0 Å². The Kier molecular flexibility index (Phi) is 3.79. The lowest BCUT2D eigenvalue weighted by Gasteiger charge is -2.21. The molecule has 116 valence electrons. The maximum Gasteiger partial charge on any atom is 0.120 e. The quantitative estimate of drug-likeness (QED) is 0.736. The molecule has 0 bridgehead atoms. The number of aryl methyl sites for hydroxylation is 1. The van der Waals surface area contributed by atoms with Gasteiger partial charge in [-0.25, -0.2) is 0 Å². The molecule has 0 N–H and O–H groups in total. The van der Waals surface area contributed by atoms with Crippen molar-refractivity contribution in [3.05, 3.63) is 36.2 Å². The van der Waals surface area contributed by atoms with E-state index in [0.717, 1.165) is 18.0 Å². The van der Waals surface area contributed by atoms with Crippen LogP contribution in [-0.4, -0.2) is 42.2 Å². The molecule has 4 heteroatoms. The molecule has 2 aromatic heterocycles. The smallest absolute Gasteiger partial charge is 0.120 e. The average molecular weight is 297 g/mol. The Labute approximate surface area is 131 Å². The van der Waals surface area contributed by atoms with Crippen LogP contribution in [0, 0.1) is 6.92 Å². The maximum atomic E-state index is 5.42. The number of hydrogen-bond acceptors (Lipinski definition) is 3. The molecule has 0 spiro atoms. The van der Waals surface area contributed by atoms with Crippen LogP contribution in [0.5, 0.6) is 5.75 Å². The van der Waals surface area contributed by atoms with Crippen LogP contribution in [0.25, 0.3) is 21.8 Å². The third-order valence-corrected chi connectivity index (χ3v) is 4.17. The monoisotopic (exact) mass is 297 g/mol. The summed E-state index contributed by atoms with van der Waals surface area (Å²) in [7, 11) is 5.93. The molecule has 0 radical (unpaired) electrons. The van der Waals surface area contributed by atoms with Gasteiger partial charge in [-0.3, -0.25) is 4.98 Å². The van der Waals surface area contributed by atoms with Crippen LogP contribution < -0.4 is 4.74 Å². The molecule has 0 aliphatic carbocycles. The molecule has 0 saturated heterocycles. The summed E-state index contributed by atoms with van der Waals surface area (Å²) in [6.07, 6.45) is 1.89. The Hall–Kier alpha value is -2.07. The van der Waals surface area contributed by atoms with Crippen molar-refractivity contribution in [1.82, 2.24) is 14.5 Å². The molecule has 22 heavy (non-hydrogen) atoms. The topological polar surface area (TPSA) is 30.3 Å². The lowest BCUT2D eigenvalue weighted by atomic mass is 10.1. The number of benzene rings is 1. The van der Waals surface area contributed by atoms with E-state index in [-0.39, 0.29) is 0 Å². The van der Waals surface area contributed by atoms with E-state index in [4.69, 9.17) is 4.74 Å². The molecule has 2 heterocycles. The van der Waals surface area contributed by atoms with E-state index in [1.165, 1.54) is 21.8 Å². The molecule has 1 unspecified atom stereocenters. The number of fused-ring (bicyclic) bond motifs is 3. The van der Waals surface area contributed by atoms with Crippen LogP contribution in [-0.2, 0) is 0 Å². The van der Waals surface area contributed by atoms with Gasteiger partial charge in [0.1, 0.15) is 5.75 Å². The van der Waals surface area contributed by atoms with Crippen molar-refractivity contribution < 1.29 is 4.74 Å². The Bertz CT molecular complexity index is 820. The van der Waals surface area contributed by atoms with E-state index in [9.17, 15) is 0 Å². The number of nitrogens with zero attached hydrogens (tertiary/aromatic N) is 3. The number of methoxy groups -OCH3 is 1. The summed E-state index contributed by atoms with van der Waals surface area (Å²) in [5.74, 6) is 0.888. The van der Waals surface area contributed by atoms with Gasteiger partial charge in [0.05, 0.1) is 23.8 Å². The SMILES string of the molecule is COc1ccc2c3ccnc(C)c3n(C(C)CN(C)C)c2c1. The fraction of sp³-hybridized carbons (Fsp3) is 0.389. The highest BCUT2D eigenvalue weighted by molar-refractivity contribution is 6.09. The maximum absolute atomic E-state index is 5.42. The molecule has 4 nitrogen and oxygen atoms in total. The van der Waals surface area contributed by atoms with Gasteiger partial charge in [0, 0.05) is 35.6 Å². The van der Waals surface area contributed by atoms with Crippen LogP contribution in [0.3, 0.4) is 0 Å². The van der Waals surface area contributed by atoms with Crippen molar-refractivity contribution in [3.63, 3.8) is 0 Å². The van der Waals surface area contributed by atoms with Gasteiger partial charge in [0.15, 0.2) is 0 Å². The van der Waals surface area contributed by atoms with Gasteiger partial charge in [-0.2, -0.15) is 0 Å². The zero-order valence-corrected chi connectivity index (χ0v) is 13.9. The van der Waals surface area contributed by atoms with Gasteiger partial charge < -0.3 is 14.2 Å². The third kappa shape index (κ3) is 2.33. The van der Waals surface area contributed by atoms with Gasteiger partial charge in [-0.05, 0) is 46.1 Å². The normalized spacial score (nSPS) is 13.2. The highest BCUT2D eigenvalue weighted by atomic mass is 16.5. The Morgan fingerprint density at radius 2 is 2.00 bits per heavy atom. The van der Waals surface area contributed by atoms with Gasteiger partial charge in [0.25, 0.3) is 0 Å². The first-order chi connectivity index (χ1) is 10.5. The van der Waals surface area contributed by atoms with Gasteiger partial charge in [-0.1, -0.05) is 0 Å². The van der Waals surface area contributed by atoms with Crippen molar-refractivity contribution >= 4 is 21.8 Å². The summed E-state index contributed by atoms with van der Waals surface area (Å²) >= 11 is 0. The molecule has 0 aliphatic heterocycles. The lowest BCUT2D eigenvalue weighted by Crippen LogP contribution is -2.22. The second-order valence-electron chi connectivity index (χ2n) is 6.16.